The molecule has 0 spiro atoms. The first-order valence-corrected chi connectivity index (χ1v) is 20.3. The third-order valence-electron chi connectivity index (χ3n) is 17.4. The smallest absolute Gasteiger partial charge is 0.309 e. The zero-order valence-corrected chi connectivity index (χ0v) is 32.5. The van der Waals surface area contributed by atoms with Gasteiger partial charge in [0.05, 0.1) is 30.8 Å². The Labute approximate surface area is 314 Å². The predicted molar refractivity (Wildman–Crippen MR) is 192 cm³/mol. The molecule has 7 N–H and O–H groups in total. The molecule has 0 aromatic heterocycles. The van der Waals surface area contributed by atoms with Gasteiger partial charge in [-0.05, 0) is 124 Å². The van der Waals surface area contributed by atoms with Crippen LogP contribution in [0.5, 0.6) is 0 Å². The highest BCUT2D eigenvalue weighted by molar-refractivity contribution is 5.76. The van der Waals surface area contributed by atoms with Crippen molar-refractivity contribution in [2.45, 2.75) is 167 Å². The van der Waals surface area contributed by atoms with Gasteiger partial charge in [0.1, 0.15) is 36.6 Å². The maximum Gasteiger partial charge on any atom is 0.309 e. The molecule has 302 valence electrons. The second kappa shape index (κ2) is 13.7. The maximum atomic E-state index is 13.1. The summed E-state index contributed by atoms with van der Waals surface area (Å²) in [7, 11) is 0. The number of carboxylic acid groups (broad SMARTS) is 1. The van der Waals surface area contributed by atoms with E-state index in [0.29, 0.717) is 24.7 Å². The highest BCUT2D eigenvalue weighted by Gasteiger charge is 2.72. The molecule has 2 saturated heterocycles. The molecule has 7 fully saturated rings. The lowest BCUT2D eigenvalue weighted by Gasteiger charge is -2.73. The lowest BCUT2D eigenvalue weighted by atomic mass is 9.32. The molecule has 0 radical (unpaired) electrons. The molecule has 0 bridgehead atoms. The van der Waals surface area contributed by atoms with E-state index in [1.165, 1.54) is 0 Å². The van der Waals surface area contributed by atoms with Gasteiger partial charge in [-0.2, -0.15) is 0 Å². The van der Waals surface area contributed by atoms with E-state index in [1.807, 2.05) is 0 Å². The van der Waals surface area contributed by atoms with Crippen molar-refractivity contribution in [1.29, 1.82) is 0 Å². The van der Waals surface area contributed by atoms with Crippen molar-refractivity contribution in [2.24, 2.45) is 56.7 Å². The summed E-state index contributed by atoms with van der Waals surface area (Å²) in [5, 5.41) is 74.8. The van der Waals surface area contributed by atoms with Crippen LogP contribution in [0.2, 0.25) is 0 Å². The van der Waals surface area contributed by atoms with E-state index in [2.05, 4.69) is 41.2 Å². The van der Waals surface area contributed by atoms with Gasteiger partial charge in [-0.3, -0.25) is 4.79 Å². The molecule has 0 unspecified atom stereocenters. The Kier molecular flexibility index (Phi) is 10.4. The number of ether oxygens (including phenoxy) is 4. The monoisotopic (exact) mass is 750 g/mol. The van der Waals surface area contributed by atoms with Gasteiger partial charge in [0, 0.05) is 5.41 Å². The minimum Gasteiger partial charge on any atom is -0.481 e. The second-order valence-electron chi connectivity index (χ2n) is 19.5. The van der Waals surface area contributed by atoms with Gasteiger partial charge < -0.3 is 54.7 Å². The Morgan fingerprint density at radius 2 is 1.51 bits per heavy atom. The molecular formula is C41H66O12. The normalized spacial score (nSPS) is 56.7. The summed E-state index contributed by atoms with van der Waals surface area (Å²) in [6.45, 7) is 17.1. The average molecular weight is 751 g/mol. The van der Waals surface area contributed by atoms with Crippen LogP contribution in [0, 0.1) is 56.7 Å². The Hall–Kier alpha value is -1.19. The van der Waals surface area contributed by atoms with Crippen LogP contribution >= 0.6 is 0 Å². The molecule has 20 atom stereocenters. The van der Waals surface area contributed by atoms with Gasteiger partial charge >= 0.3 is 5.97 Å². The van der Waals surface area contributed by atoms with E-state index < -0.39 is 78.2 Å². The maximum absolute atomic E-state index is 13.1. The summed E-state index contributed by atoms with van der Waals surface area (Å²) >= 11 is 0. The van der Waals surface area contributed by atoms with Crippen molar-refractivity contribution in [3.05, 3.63) is 12.2 Å². The van der Waals surface area contributed by atoms with Crippen LogP contribution in [-0.2, 0) is 23.7 Å². The van der Waals surface area contributed by atoms with E-state index in [9.17, 15) is 40.5 Å². The molecule has 12 heteroatoms. The fourth-order valence-corrected chi connectivity index (χ4v) is 14.2. The van der Waals surface area contributed by atoms with Crippen molar-refractivity contribution in [1.82, 2.24) is 0 Å². The number of hydrogen-bond donors (Lipinski definition) is 7. The number of carbonyl (C=O) groups is 1. The third-order valence-corrected chi connectivity index (χ3v) is 17.4. The zero-order chi connectivity index (χ0) is 38.6. The van der Waals surface area contributed by atoms with Gasteiger partial charge in [-0.1, -0.05) is 39.8 Å². The molecule has 7 aliphatic rings. The lowest BCUT2D eigenvalue weighted by Crippen LogP contribution is -2.68. The van der Waals surface area contributed by atoms with Crippen molar-refractivity contribution in [3.8, 4) is 0 Å². The molecule has 5 aliphatic carbocycles. The number of allylic oxidation sites excluding steroid dienone is 1. The molecule has 7 rings (SSSR count). The topological polar surface area (TPSA) is 196 Å². The minimum absolute atomic E-state index is 0.0157. The second-order valence-corrected chi connectivity index (χ2v) is 19.5. The van der Waals surface area contributed by atoms with Crippen molar-refractivity contribution in [2.75, 3.05) is 13.2 Å². The number of aliphatic carboxylic acids is 1. The van der Waals surface area contributed by atoms with Crippen LogP contribution in [0.1, 0.15) is 106 Å². The summed E-state index contributed by atoms with van der Waals surface area (Å²) in [6, 6.07) is 0. The van der Waals surface area contributed by atoms with Crippen LogP contribution in [0.15, 0.2) is 12.2 Å². The Morgan fingerprint density at radius 1 is 0.792 bits per heavy atom. The van der Waals surface area contributed by atoms with Gasteiger partial charge in [0.2, 0.25) is 0 Å². The van der Waals surface area contributed by atoms with Gasteiger partial charge in [-0.25, -0.2) is 0 Å². The fraction of sp³-hybridized carbons (Fsp3) is 0.927. The van der Waals surface area contributed by atoms with Crippen molar-refractivity contribution >= 4 is 5.97 Å². The van der Waals surface area contributed by atoms with Crippen LogP contribution in [0.3, 0.4) is 0 Å². The van der Waals surface area contributed by atoms with Crippen LogP contribution in [0.4, 0.5) is 0 Å². The Balaban J connectivity index is 1.15. The Bertz CT molecular complexity index is 1410. The first-order chi connectivity index (χ1) is 24.8. The summed E-state index contributed by atoms with van der Waals surface area (Å²) in [6.07, 6.45) is -3.85. The van der Waals surface area contributed by atoms with Gasteiger partial charge in [0.15, 0.2) is 12.6 Å². The predicted octanol–water partition coefficient (Wildman–Crippen LogP) is 3.38. The number of fused-ring (bicyclic) bond motifs is 7. The molecule has 2 heterocycles. The number of rotatable bonds is 7. The molecule has 12 nitrogen and oxygen atoms in total. The number of aliphatic hydroxyl groups is 6. The van der Waals surface area contributed by atoms with E-state index in [0.717, 1.165) is 56.9 Å². The summed E-state index contributed by atoms with van der Waals surface area (Å²) < 4.78 is 24.3. The van der Waals surface area contributed by atoms with Gasteiger partial charge in [0.25, 0.3) is 0 Å². The fourth-order valence-electron chi connectivity index (χ4n) is 14.2. The van der Waals surface area contributed by atoms with E-state index in [4.69, 9.17) is 18.9 Å². The van der Waals surface area contributed by atoms with Gasteiger partial charge in [-0.15, -0.1) is 0 Å². The molecule has 0 aromatic carbocycles. The highest BCUT2D eigenvalue weighted by Crippen LogP contribution is 2.77. The molecule has 0 aromatic rings. The van der Waals surface area contributed by atoms with E-state index in [1.54, 1.807) is 6.92 Å². The first-order valence-electron chi connectivity index (χ1n) is 20.3. The molecule has 0 amide bonds. The summed E-state index contributed by atoms with van der Waals surface area (Å²) in [5.74, 6) is 0.482. The van der Waals surface area contributed by atoms with E-state index in [-0.39, 0.29) is 47.2 Å². The zero-order valence-electron chi connectivity index (χ0n) is 32.5. The van der Waals surface area contributed by atoms with Crippen LogP contribution in [-0.4, -0.2) is 116 Å². The van der Waals surface area contributed by atoms with Crippen molar-refractivity contribution in [3.63, 3.8) is 0 Å². The van der Waals surface area contributed by atoms with Crippen molar-refractivity contribution < 1.29 is 59.5 Å². The Morgan fingerprint density at radius 3 is 2.17 bits per heavy atom. The third kappa shape index (κ3) is 5.69. The lowest BCUT2D eigenvalue weighted by molar-refractivity contribution is -0.369. The van der Waals surface area contributed by atoms with Crippen LogP contribution in [0.25, 0.3) is 0 Å². The standard InChI is InChI=1S/C41H66O12/c1-20(2)22-10-15-41(36(48)49)17-16-39(6)23(28(22)41)8-9-26-37(4)13-12-27(38(5,19-42)25(37)11-14-40(26,39)7)52-35-33(31(46)29(44)21(3)51-35)53-34-32(47)30(45)24(43)18-50-34/h21-35,42-47H,1,8-19H2,2-7H3,(H,48,49)/t21-,22-,23-,24-,25-,26+,27+,28+,29-,30-,31+,32+,33+,34-,35-,37+,38-,39+,40+,41-/m0/s1. The average Bonchev–Trinajstić information content (AvgIpc) is 3.52. The number of hydrogen-bond acceptors (Lipinski definition) is 11. The summed E-state index contributed by atoms with van der Waals surface area (Å²) in [4.78, 5) is 13.1. The molecule has 2 aliphatic heterocycles. The first kappa shape index (κ1) is 40.0. The van der Waals surface area contributed by atoms with Crippen LogP contribution < -0.4 is 0 Å². The number of carboxylic acids is 1. The summed E-state index contributed by atoms with van der Waals surface area (Å²) in [5.41, 5.74) is -0.406. The van der Waals surface area contributed by atoms with E-state index >= 15 is 0 Å². The number of aliphatic hydroxyl groups excluding tert-OH is 6. The molecule has 5 saturated carbocycles. The minimum atomic E-state index is -1.61. The quantitative estimate of drug-likeness (QED) is 0.148. The molecular weight excluding hydrogens is 684 g/mol. The molecule has 53 heavy (non-hydrogen) atoms. The highest BCUT2D eigenvalue weighted by atomic mass is 16.8. The largest absolute Gasteiger partial charge is 0.481 e. The SMILES string of the molecule is C=C(C)[C@@H]1CC[C@]2(C(=O)O)CC[C@]3(C)[C@@H](CC[C@@H]4[C@]5(C)CC[C@@H](O[C@@H]6O[C@@H](C)[C@H](O)[C@@H](O)[C@H]6O[C@@H]6OC[C@H](O)[C@H](O)[C@H]6O)[C@@](C)(CO)[C@H]5CC[C@]43C)[C@@H]12.